The molecule has 0 amide bonds. The van der Waals surface area contributed by atoms with Gasteiger partial charge in [0.15, 0.2) is 0 Å². The van der Waals surface area contributed by atoms with Crippen LogP contribution < -0.4 is 13.7 Å². The maximum absolute atomic E-state index is 3.43. The average molecular weight is 979 g/mol. The summed E-state index contributed by atoms with van der Waals surface area (Å²) in [6.45, 7) is 9.35. The molecule has 0 radical (unpaired) electrons. The topological polar surface area (TPSA) is 0 Å². The minimum absolute atomic E-state index is 0.308. The van der Waals surface area contributed by atoms with Gasteiger partial charge in [-0.25, -0.2) is 0 Å². The first-order chi connectivity index (χ1) is 30.5. The Morgan fingerprint density at radius 1 is 0.387 bits per heavy atom. The molecule has 3 aliphatic rings. The fraction of sp³-hybridized carbons (Fsp3) is 0.133. The van der Waals surface area contributed by atoms with Crippen molar-refractivity contribution in [2.45, 2.75) is 46.9 Å². The van der Waals surface area contributed by atoms with E-state index in [1.807, 2.05) is 0 Å². The molecular weight excluding hydrogens is 927 g/mol. The van der Waals surface area contributed by atoms with Crippen LogP contribution in [0.15, 0.2) is 188 Å². The van der Waals surface area contributed by atoms with Gasteiger partial charge in [0.1, 0.15) is 0 Å². The van der Waals surface area contributed by atoms with E-state index in [1.54, 1.807) is 13.7 Å². The third-order valence-electron chi connectivity index (χ3n) is 13.9. The summed E-state index contributed by atoms with van der Waals surface area (Å²) in [4.78, 5) is 0. The van der Waals surface area contributed by atoms with E-state index in [9.17, 15) is 0 Å². The van der Waals surface area contributed by atoms with Crippen LogP contribution in [0.1, 0.15) is 91.4 Å². The first kappa shape index (κ1) is 39.2. The fourth-order valence-electron chi connectivity index (χ4n) is 11.1. The summed E-state index contributed by atoms with van der Waals surface area (Å²) in [5, 5.41) is 3.30. The second-order valence-electron chi connectivity index (χ2n) is 18.0. The third kappa shape index (κ3) is 6.57. The number of benzene rings is 8. The molecule has 2 heteroatoms. The van der Waals surface area contributed by atoms with Gasteiger partial charge in [-0.3, -0.25) is 0 Å². The maximum atomic E-state index is 2.64. The Labute approximate surface area is 378 Å². The predicted molar refractivity (Wildman–Crippen MR) is 265 cm³/mol. The molecule has 0 N–H and O–H groups in total. The molecular formula is C60H51HfSi. The van der Waals surface area contributed by atoms with E-state index in [1.165, 1.54) is 89.0 Å². The molecule has 62 heavy (non-hydrogen) atoms. The fourth-order valence-corrected chi connectivity index (χ4v) is 30.3. The zero-order valence-corrected chi connectivity index (χ0v) is 41.1. The molecule has 0 saturated carbocycles. The van der Waals surface area contributed by atoms with Gasteiger partial charge in [-0.1, -0.05) is 0 Å². The van der Waals surface area contributed by atoms with Crippen molar-refractivity contribution in [1.82, 2.24) is 0 Å². The third-order valence-corrected chi connectivity index (χ3v) is 30.1. The van der Waals surface area contributed by atoms with Gasteiger partial charge in [-0.2, -0.15) is 0 Å². The quantitative estimate of drug-likeness (QED) is 0.126. The summed E-state index contributed by atoms with van der Waals surface area (Å²) in [5.41, 5.74) is 22.9. The monoisotopic (exact) mass is 979 g/mol. The summed E-state index contributed by atoms with van der Waals surface area (Å²) < 4.78 is 2.35. The van der Waals surface area contributed by atoms with Crippen molar-refractivity contribution in [2.75, 3.05) is 0 Å². The Morgan fingerprint density at radius 2 is 0.806 bits per heavy atom. The van der Waals surface area contributed by atoms with Crippen LogP contribution in [0.4, 0.5) is 0 Å². The van der Waals surface area contributed by atoms with Gasteiger partial charge in [-0.05, 0) is 0 Å². The second-order valence-corrected chi connectivity index (χ2v) is 29.2. The molecule has 2 aliphatic carbocycles. The molecule has 0 nitrogen and oxygen atoms in total. The summed E-state index contributed by atoms with van der Waals surface area (Å²) >= 11 is -3.43. The Hall–Kier alpha value is -5.67. The average Bonchev–Trinajstić information content (AvgIpc) is 4.02. The number of rotatable bonds is 9. The summed E-state index contributed by atoms with van der Waals surface area (Å²) in [5.74, 6) is 0.845. The Kier molecular flexibility index (Phi) is 10.3. The van der Waals surface area contributed by atoms with E-state index >= 15 is 0 Å². The van der Waals surface area contributed by atoms with Crippen molar-refractivity contribution in [3.05, 3.63) is 233 Å². The number of hydrogen-bond donors (Lipinski definition) is 0. The molecule has 2 unspecified atom stereocenters. The van der Waals surface area contributed by atoms with Gasteiger partial charge in [-0.15, -0.1) is 0 Å². The molecule has 11 rings (SSSR count). The van der Waals surface area contributed by atoms with Crippen LogP contribution in [0, 0.1) is 0 Å². The van der Waals surface area contributed by atoms with E-state index in [0.717, 1.165) is 0 Å². The molecule has 2 atom stereocenters. The van der Waals surface area contributed by atoms with Crippen LogP contribution in [0.5, 0.6) is 0 Å². The van der Waals surface area contributed by atoms with Crippen molar-refractivity contribution in [2.24, 2.45) is 0 Å². The molecule has 0 fully saturated rings. The second kappa shape index (κ2) is 16.2. The van der Waals surface area contributed by atoms with Gasteiger partial charge in [0.25, 0.3) is 0 Å². The van der Waals surface area contributed by atoms with Gasteiger partial charge in [0, 0.05) is 0 Å². The van der Waals surface area contributed by atoms with Gasteiger partial charge >= 0.3 is 381 Å². The molecule has 299 valence electrons. The van der Waals surface area contributed by atoms with Crippen LogP contribution in [0.3, 0.4) is 0 Å². The number of hydrogen-bond acceptors (Lipinski definition) is 0. The van der Waals surface area contributed by atoms with E-state index in [4.69, 9.17) is 0 Å². The first-order valence-electron chi connectivity index (χ1n) is 22.5. The van der Waals surface area contributed by atoms with Crippen LogP contribution in [0.2, 0.25) is 0 Å². The molecule has 0 bridgehead atoms. The Morgan fingerprint density at radius 3 is 1.32 bits per heavy atom. The number of allylic oxidation sites excluding steroid dienone is 2. The molecule has 1 heterocycles. The minimum atomic E-state index is -3.43. The molecule has 0 spiro atoms. The van der Waals surface area contributed by atoms with Crippen molar-refractivity contribution in [3.63, 3.8) is 0 Å². The summed E-state index contributed by atoms with van der Waals surface area (Å²) in [6.07, 6.45) is 5.28. The number of fused-ring (bicyclic) bond motifs is 5. The SMILES string of the molecule is CC(C)c1ccccc1-c1cccc2c1C=C(c1ccccc1)[CH]2[Hf]([c]1cccc2c1[SiH2]c1ccccc1-2)[CH]1C(c2ccccc2)=Cc2c(-c3ccccc3C(C)C)cccc21. The predicted octanol–water partition coefficient (Wildman–Crippen LogP) is 13.2. The van der Waals surface area contributed by atoms with E-state index < -0.39 is 31.0 Å². The van der Waals surface area contributed by atoms with Crippen LogP contribution in [-0.4, -0.2) is 9.52 Å². The van der Waals surface area contributed by atoms with Crippen molar-refractivity contribution < 1.29 is 21.4 Å². The van der Waals surface area contributed by atoms with Crippen molar-refractivity contribution in [1.29, 1.82) is 0 Å². The summed E-state index contributed by atoms with van der Waals surface area (Å²) in [6, 6.07) is 72.6. The Balaban J connectivity index is 1.22. The normalized spacial score (nSPS) is 16.2. The standard InChI is InChI=1S/2C24H21.C12H9Si.Hf/c2*1-17(2)21-12-6-7-13-22(21)23-14-8-11-19-15-20(16-24(19)23)18-9-4-3-5-10-18;1-3-7-11-9(5-1)10-6-2-4-8-12(10)13-11;/h2*3-17H,1-2H3;1-7H,13H2;. The van der Waals surface area contributed by atoms with Crippen LogP contribution in [-0.2, 0) is 21.4 Å². The zero-order chi connectivity index (χ0) is 41.9. The zero-order valence-electron chi connectivity index (χ0n) is 36.1. The first-order valence-corrected chi connectivity index (χ1v) is 29.9. The van der Waals surface area contributed by atoms with Gasteiger partial charge < -0.3 is 0 Å². The van der Waals surface area contributed by atoms with Crippen LogP contribution >= 0.6 is 0 Å². The van der Waals surface area contributed by atoms with Crippen molar-refractivity contribution in [3.8, 4) is 33.4 Å². The van der Waals surface area contributed by atoms with Gasteiger partial charge in [0.05, 0.1) is 0 Å². The van der Waals surface area contributed by atoms with Gasteiger partial charge in [0.2, 0.25) is 0 Å². The van der Waals surface area contributed by atoms with E-state index in [-0.39, 0.29) is 0 Å². The van der Waals surface area contributed by atoms with E-state index in [2.05, 4.69) is 228 Å². The molecule has 0 aromatic heterocycles. The molecule has 8 aromatic carbocycles. The molecule has 0 saturated heterocycles. The molecule has 8 aromatic rings. The Bertz CT molecular complexity index is 2900. The summed E-state index contributed by atoms with van der Waals surface area (Å²) in [7, 11) is -0.710. The van der Waals surface area contributed by atoms with Crippen LogP contribution in [0.25, 0.3) is 56.7 Å². The molecule has 1 aliphatic heterocycles. The van der Waals surface area contributed by atoms with Crippen molar-refractivity contribution >= 4 is 46.5 Å². The van der Waals surface area contributed by atoms with E-state index in [0.29, 0.717) is 19.2 Å².